The summed E-state index contributed by atoms with van der Waals surface area (Å²) in [5, 5.41) is 13.9. The number of carbonyl (C=O) groups is 2. The second kappa shape index (κ2) is 34.2. The van der Waals surface area contributed by atoms with Gasteiger partial charge in [-0.1, -0.05) is 111 Å². The molecule has 13 nitrogen and oxygen atoms in total. The van der Waals surface area contributed by atoms with Crippen LogP contribution in [0.2, 0.25) is 0 Å². The van der Waals surface area contributed by atoms with Crippen molar-refractivity contribution >= 4 is 13.3 Å². The number of hydrogen-bond acceptors (Lipinski definition) is 12. The van der Waals surface area contributed by atoms with E-state index in [0.717, 1.165) is 58.7 Å². The highest BCUT2D eigenvalue weighted by Crippen LogP contribution is 2.53. The molecule has 0 saturated carbocycles. The van der Waals surface area contributed by atoms with Gasteiger partial charge in [-0.2, -0.15) is 0 Å². The van der Waals surface area contributed by atoms with E-state index in [-0.39, 0.29) is 17.3 Å². The van der Waals surface area contributed by atoms with E-state index < -0.39 is 0 Å². The van der Waals surface area contributed by atoms with Gasteiger partial charge in [-0.05, 0) is 77.2 Å². The summed E-state index contributed by atoms with van der Waals surface area (Å²) in [6, 6.07) is 16.2. The van der Waals surface area contributed by atoms with E-state index in [4.69, 9.17) is 54.8 Å². The fourth-order valence-electron chi connectivity index (χ4n) is 5.95. The van der Waals surface area contributed by atoms with Crippen LogP contribution in [-0.2, 0) is 55.4 Å². The average Bonchev–Trinajstić information content (AvgIpc) is 3.43. The molecule has 0 amide bonds. The van der Waals surface area contributed by atoms with Gasteiger partial charge in [0.1, 0.15) is 20.0 Å². The van der Waals surface area contributed by atoms with Gasteiger partial charge in [0.25, 0.3) is 6.47 Å². The van der Waals surface area contributed by atoms with Gasteiger partial charge in [0, 0.05) is 25.7 Å². The van der Waals surface area contributed by atoms with Crippen LogP contribution in [0.3, 0.4) is 0 Å². The van der Waals surface area contributed by atoms with Crippen molar-refractivity contribution in [2.75, 3.05) is 66.5 Å². The molecule has 0 aliphatic heterocycles. The van der Waals surface area contributed by atoms with Gasteiger partial charge in [-0.15, -0.1) is 0 Å². The maximum atomic E-state index is 8.36. The first-order valence-electron chi connectivity index (χ1n) is 19.7. The summed E-state index contributed by atoms with van der Waals surface area (Å²) in [6.07, 6.45) is 8.69. The molecular weight excluding hydrogens is 720 g/mol. The molecule has 1 unspecified atom stereocenters. The molecule has 0 fully saturated rings. The summed E-state index contributed by atoms with van der Waals surface area (Å²) in [6.45, 7) is 24.2. The lowest BCUT2D eigenvalue weighted by molar-refractivity contribution is -0.301. The molecular formula is C43H76N2O11. The van der Waals surface area contributed by atoms with Gasteiger partial charge in [-0.25, -0.2) is 30.9 Å². The number of ether oxygens (including phenoxy) is 1. The Balaban J connectivity index is 0. The molecule has 3 rings (SSSR count). The Bertz CT molecular complexity index is 1220. The molecule has 0 spiro atoms. The van der Waals surface area contributed by atoms with E-state index in [1.165, 1.54) is 34.2 Å². The topological polar surface area (TPSA) is 177 Å². The molecule has 1 atom stereocenters. The fraction of sp³-hybridized carbons (Fsp3) is 0.674. The van der Waals surface area contributed by atoms with Crippen LogP contribution in [0.25, 0.3) is 11.1 Å². The Kier molecular flexibility index (Phi) is 33.8. The number of carboxylic acid groups (broad SMARTS) is 1. The number of nitrogens with two attached hydrogens (primary N) is 1. The van der Waals surface area contributed by atoms with E-state index in [9.17, 15) is 0 Å². The van der Waals surface area contributed by atoms with E-state index >= 15 is 0 Å². The van der Waals surface area contributed by atoms with E-state index in [1.54, 1.807) is 0 Å². The lowest BCUT2D eigenvalue weighted by Crippen LogP contribution is -2.27. The van der Waals surface area contributed by atoms with E-state index in [2.05, 4.69) is 108 Å². The summed E-state index contributed by atoms with van der Waals surface area (Å²) in [5.74, 6) is 4.78. The minimum absolute atomic E-state index is 0.0691. The zero-order valence-corrected chi connectivity index (χ0v) is 36.0. The Morgan fingerprint density at radius 1 is 0.732 bits per heavy atom. The molecule has 2 aromatic rings. The number of fused-ring (bicyclic) bond motifs is 3. The molecule has 0 radical (unpaired) electrons. The Morgan fingerprint density at radius 2 is 1.30 bits per heavy atom. The summed E-state index contributed by atoms with van der Waals surface area (Å²) >= 11 is 0. The molecule has 0 heterocycles. The third-order valence-electron chi connectivity index (χ3n) is 8.48. The van der Waals surface area contributed by atoms with Crippen molar-refractivity contribution in [2.45, 2.75) is 112 Å². The number of aliphatic hydroxyl groups excluding tert-OH is 1. The highest BCUT2D eigenvalue weighted by molar-refractivity contribution is 5.81. The molecule has 1 aliphatic rings. The predicted octanol–water partition coefficient (Wildman–Crippen LogP) is 7.79. The molecule has 324 valence electrons. The largest absolute Gasteiger partial charge is 0.483 e. The normalized spacial score (nSPS) is 14.0. The second-order valence-corrected chi connectivity index (χ2v) is 15.4. The first-order valence-corrected chi connectivity index (χ1v) is 19.7. The minimum Gasteiger partial charge on any atom is -0.483 e. The quantitative estimate of drug-likeness (QED) is 0.0351. The highest BCUT2D eigenvalue weighted by Gasteiger charge is 2.41. The van der Waals surface area contributed by atoms with Crippen molar-refractivity contribution in [1.82, 2.24) is 5.48 Å². The number of aryl methyl sites for hydroxylation is 1. The van der Waals surface area contributed by atoms with Gasteiger partial charge < -0.3 is 29.4 Å². The van der Waals surface area contributed by atoms with Gasteiger partial charge in [0.15, 0.2) is 0 Å². The van der Waals surface area contributed by atoms with Crippen LogP contribution >= 0.6 is 0 Å². The number of aliphatic hydroxyl groups is 1. The number of benzene rings is 2. The molecule has 0 saturated heterocycles. The van der Waals surface area contributed by atoms with Crippen LogP contribution < -0.4 is 11.4 Å². The smallest absolute Gasteiger partial charge is 0.290 e. The molecule has 1 aliphatic carbocycles. The molecule has 2 aromatic carbocycles. The summed E-state index contributed by atoms with van der Waals surface area (Å²) < 4.78 is 5.57. The van der Waals surface area contributed by atoms with Crippen molar-refractivity contribution in [3.05, 3.63) is 59.2 Å². The zero-order chi connectivity index (χ0) is 42.7. The minimum atomic E-state index is -0.250. The Hall–Kier alpha value is -2.82. The van der Waals surface area contributed by atoms with Crippen LogP contribution in [0, 0.1) is 10.8 Å². The molecule has 0 aromatic heterocycles. The van der Waals surface area contributed by atoms with Crippen molar-refractivity contribution in [3.63, 3.8) is 0 Å². The van der Waals surface area contributed by atoms with Crippen molar-refractivity contribution in [2.24, 2.45) is 16.7 Å². The lowest BCUT2D eigenvalue weighted by Gasteiger charge is -2.32. The maximum Gasteiger partial charge on any atom is 0.290 e. The maximum absolute atomic E-state index is 8.36. The number of carbonyl (C=O) groups excluding carboxylic acids is 1. The van der Waals surface area contributed by atoms with Gasteiger partial charge in [0.05, 0.1) is 33.0 Å². The van der Waals surface area contributed by atoms with Gasteiger partial charge in [0.2, 0.25) is 0 Å². The standard InChI is InChI=1S/C32H49NO4.C8H19NO3.CH2O2.CH4O.CH2O/c1-6-11-26-14-15-28-27-12-8-9-13-29(27)32(16-7-2,30(28)25-26)17-10-20-35-33-19-22-36-37-24-23-34-21-18-31(3,4)5;1-8(2,3)4-5-11-12-7-6-10-9;2-1-3;2*1-2/h8-9,12-15,25,33H,6-7,10-11,16-24H2,1-5H3;4-7,9H2,1-3H3;1H,(H,2,3);2H,1H3;1H2. The van der Waals surface area contributed by atoms with Crippen LogP contribution in [0.5, 0.6) is 0 Å². The van der Waals surface area contributed by atoms with Crippen LogP contribution in [0.4, 0.5) is 0 Å². The van der Waals surface area contributed by atoms with Crippen molar-refractivity contribution in [1.29, 1.82) is 0 Å². The summed E-state index contributed by atoms with van der Waals surface area (Å²) in [4.78, 5) is 46.4. The van der Waals surface area contributed by atoms with E-state index in [1.807, 2.05) is 6.79 Å². The Morgan fingerprint density at radius 3 is 1.91 bits per heavy atom. The number of nitrogens with one attached hydrogen (secondary N) is 1. The summed E-state index contributed by atoms with van der Waals surface area (Å²) in [7, 11) is 1.00. The van der Waals surface area contributed by atoms with E-state index in [0.29, 0.717) is 58.2 Å². The SMILES string of the molecule is C=O.CC(C)(C)CCOOCCON.CCCc1ccc2c(c1)C(CCC)(CCCONCCOOCCOCCC(C)(C)C)c1ccccc1-2.CO.O=CO. The zero-order valence-electron chi connectivity index (χ0n) is 36.0. The molecule has 13 heteroatoms. The second-order valence-electron chi connectivity index (χ2n) is 15.4. The van der Waals surface area contributed by atoms with Crippen LogP contribution in [0.15, 0.2) is 42.5 Å². The monoisotopic (exact) mass is 797 g/mol. The van der Waals surface area contributed by atoms with Crippen molar-refractivity contribution in [3.8, 4) is 11.1 Å². The van der Waals surface area contributed by atoms with Crippen LogP contribution in [-0.4, -0.2) is 90.0 Å². The molecule has 0 bridgehead atoms. The third-order valence-corrected chi connectivity index (χ3v) is 8.48. The lowest BCUT2D eigenvalue weighted by atomic mass is 9.71. The number of hydrogen-bond donors (Lipinski definition) is 4. The average molecular weight is 797 g/mol. The number of rotatable bonds is 24. The molecule has 56 heavy (non-hydrogen) atoms. The van der Waals surface area contributed by atoms with Crippen LogP contribution in [0.1, 0.15) is 117 Å². The third kappa shape index (κ3) is 24.7. The first-order chi connectivity index (χ1) is 26.9. The predicted molar refractivity (Wildman–Crippen MR) is 222 cm³/mol. The highest BCUT2D eigenvalue weighted by atomic mass is 17.2. The fourth-order valence-corrected chi connectivity index (χ4v) is 5.95. The first kappa shape index (κ1) is 55.3. The summed E-state index contributed by atoms with van der Waals surface area (Å²) in [5.41, 5.74) is 10.9. The number of hydroxylamine groups is 1. The van der Waals surface area contributed by atoms with Crippen molar-refractivity contribution < 1.29 is 53.8 Å². The van der Waals surface area contributed by atoms with Gasteiger partial charge in [-0.3, -0.25) is 4.79 Å². The Labute approximate surface area is 337 Å². The van der Waals surface area contributed by atoms with Gasteiger partial charge >= 0.3 is 0 Å². The molecule has 5 N–H and O–H groups in total.